The lowest BCUT2D eigenvalue weighted by Crippen LogP contribution is -2.33. The number of hydrogen-bond acceptors (Lipinski definition) is 1. The SMILES string of the molecule is Cc1cc(-c2ccc(F)cc2)ccc1C1CCN(CC=Cc2ccccc2)CC1. The van der Waals surface area contributed by atoms with Crippen molar-refractivity contribution in [3.8, 4) is 11.1 Å². The number of nitrogens with zero attached hydrogens (tertiary/aromatic N) is 1. The molecular formula is C27H28FN. The molecule has 3 aromatic rings. The Hall–Kier alpha value is -2.71. The molecule has 0 atom stereocenters. The Morgan fingerprint density at radius 2 is 1.59 bits per heavy atom. The number of hydrogen-bond donors (Lipinski definition) is 0. The van der Waals surface area contributed by atoms with Gasteiger partial charge in [-0.15, -0.1) is 0 Å². The molecule has 0 bridgehead atoms. The fourth-order valence-corrected chi connectivity index (χ4v) is 4.28. The first-order valence-corrected chi connectivity index (χ1v) is 10.5. The van der Waals surface area contributed by atoms with Gasteiger partial charge in [-0.25, -0.2) is 4.39 Å². The predicted molar refractivity (Wildman–Crippen MR) is 120 cm³/mol. The minimum Gasteiger partial charge on any atom is -0.300 e. The highest BCUT2D eigenvalue weighted by Crippen LogP contribution is 2.32. The van der Waals surface area contributed by atoms with Crippen LogP contribution in [-0.4, -0.2) is 24.5 Å². The molecule has 0 aliphatic carbocycles. The summed E-state index contributed by atoms with van der Waals surface area (Å²) in [6.45, 7) is 5.51. The Morgan fingerprint density at radius 1 is 0.897 bits per heavy atom. The molecule has 1 saturated heterocycles. The topological polar surface area (TPSA) is 3.24 Å². The highest BCUT2D eigenvalue weighted by molar-refractivity contribution is 5.65. The Kier molecular flexibility index (Phi) is 6.21. The van der Waals surface area contributed by atoms with Crippen molar-refractivity contribution in [2.75, 3.05) is 19.6 Å². The van der Waals surface area contributed by atoms with E-state index in [2.05, 4.69) is 72.5 Å². The standard InChI is InChI=1S/C27H28FN/c1-21-20-25(23-9-12-26(28)13-10-23)11-14-27(21)24-15-18-29(19-16-24)17-5-8-22-6-3-2-4-7-22/h2-14,20,24H,15-19H2,1H3. The monoisotopic (exact) mass is 385 g/mol. The summed E-state index contributed by atoms with van der Waals surface area (Å²) in [7, 11) is 0. The smallest absolute Gasteiger partial charge is 0.123 e. The zero-order valence-corrected chi connectivity index (χ0v) is 17.0. The van der Waals surface area contributed by atoms with Gasteiger partial charge in [0, 0.05) is 6.54 Å². The van der Waals surface area contributed by atoms with Crippen LogP contribution >= 0.6 is 0 Å². The first-order chi connectivity index (χ1) is 14.2. The zero-order valence-electron chi connectivity index (χ0n) is 17.0. The zero-order chi connectivity index (χ0) is 20.1. The van der Waals surface area contributed by atoms with Gasteiger partial charge in [-0.2, -0.15) is 0 Å². The molecule has 1 aliphatic rings. The maximum absolute atomic E-state index is 13.2. The van der Waals surface area contributed by atoms with Gasteiger partial charge in [0.2, 0.25) is 0 Å². The van der Waals surface area contributed by atoms with Gasteiger partial charge >= 0.3 is 0 Å². The van der Waals surface area contributed by atoms with Crippen molar-refractivity contribution in [3.05, 3.63) is 101 Å². The first kappa shape index (κ1) is 19.6. The Bertz CT molecular complexity index is 952. The fraction of sp³-hybridized carbons (Fsp3) is 0.259. The summed E-state index contributed by atoms with van der Waals surface area (Å²) in [6.07, 6.45) is 6.90. The van der Waals surface area contributed by atoms with Gasteiger partial charge in [0.1, 0.15) is 5.82 Å². The fourth-order valence-electron chi connectivity index (χ4n) is 4.28. The molecule has 1 fully saturated rings. The van der Waals surface area contributed by atoms with Crippen LogP contribution in [0.1, 0.15) is 35.4 Å². The Labute approximate surface area is 173 Å². The van der Waals surface area contributed by atoms with Crippen LogP contribution in [0.5, 0.6) is 0 Å². The van der Waals surface area contributed by atoms with Crippen molar-refractivity contribution in [1.82, 2.24) is 4.90 Å². The maximum Gasteiger partial charge on any atom is 0.123 e. The molecule has 0 amide bonds. The van der Waals surface area contributed by atoms with Gasteiger partial charge in [0.05, 0.1) is 0 Å². The molecule has 0 radical (unpaired) electrons. The molecule has 0 spiro atoms. The van der Waals surface area contributed by atoms with Crippen LogP contribution in [0.4, 0.5) is 4.39 Å². The van der Waals surface area contributed by atoms with Crippen LogP contribution in [0.25, 0.3) is 17.2 Å². The molecule has 1 aliphatic heterocycles. The highest BCUT2D eigenvalue weighted by atomic mass is 19.1. The largest absolute Gasteiger partial charge is 0.300 e. The van der Waals surface area contributed by atoms with Gasteiger partial charge < -0.3 is 0 Å². The summed E-state index contributed by atoms with van der Waals surface area (Å²) < 4.78 is 13.2. The van der Waals surface area contributed by atoms with E-state index in [0.29, 0.717) is 5.92 Å². The number of rotatable bonds is 5. The molecule has 3 aromatic carbocycles. The molecular weight excluding hydrogens is 357 g/mol. The van der Waals surface area contributed by atoms with Crippen molar-refractivity contribution in [2.45, 2.75) is 25.7 Å². The van der Waals surface area contributed by atoms with Crippen LogP contribution in [0.15, 0.2) is 78.9 Å². The molecule has 148 valence electrons. The van der Waals surface area contributed by atoms with Gasteiger partial charge in [-0.3, -0.25) is 4.90 Å². The van der Waals surface area contributed by atoms with E-state index in [1.165, 1.54) is 41.7 Å². The number of likely N-dealkylation sites (tertiary alicyclic amines) is 1. The van der Waals surface area contributed by atoms with E-state index in [0.717, 1.165) is 30.8 Å². The Balaban J connectivity index is 1.34. The summed E-state index contributed by atoms with van der Waals surface area (Å²) in [5, 5.41) is 0. The normalized spacial score (nSPS) is 15.8. The summed E-state index contributed by atoms with van der Waals surface area (Å²) in [5.41, 5.74) is 6.31. The average Bonchev–Trinajstić information content (AvgIpc) is 2.76. The molecule has 0 saturated carbocycles. The summed E-state index contributed by atoms with van der Waals surface area (Å²) in [4.78, 5) is 2.54. The number of piperidine rings is 1. The second-order valence-corrected chi connectivity index (χ2v) is 7.97. The van der Waals surface area contributed by atoms with Gasteiger partial charge in [0.15, 0.2) is 0 Å². The second-order valence-electron chi connectivity index (χ2n) is 7.97. The van der Waals surface area contributed by atoms with Crippen molar-refractivity contribution >= 4 is 6.08 Å². The number of aryl methyl sites for hydroxylation is 1. The van der Waals surface area contributed by atoms with E-state index in [1.54, 1.807) is 0 Å². The van der Waals surface area contributed by atoms with Crippen LogP contribution in [0.2, 0.25) is 0 Å². The predicted octanol–water partition coefficient (Wildman–Crippen LogP) is 6.69. The lowest BCUT2D eigenvalue weighted by Gasteiger charge is -2.32. The van der Waals surface area contributed by atoms with Crippen LogP contribution in [0.3, 0.4) is 0 Å². The quantitative estimate of drug-likeness (QED) is 0.473. The Morgan fingerprint density at radius 3 is 2.28 bits per heavy atom. The van der Waals surface area contributed by atoms with E-state index < -0.39 is 0 Å². The van der Waals surface area contributed by atoms with Crippen LogP contribution < -0.4 is 0 Å². The van der Waals surface area contributed by atoms with Crippen molar-refractivity contribution < 1.29 is 4.39 Å². The average molecular weight is 386 g/mol. The maximum atomic E-state index is 13.2. The van der Waals surface area contributed by atoms with Crippen molar-refractivity contribution in [1.29, 1.82) is 0 Å². The van der Waals surface area contributed by atoms with Crippen LogP contribution in [-0.2, 0) is 0 Å². The molecule has 0 N–H and O–H groups in total. The second kappa shape index (κ2) is 9.19. The molecule has 1 nitrogen and oxygen atoms in total. The van der Waals surface area contributed by atoms with E-state index in [-0.39, 0.29) is 5.82 Å². The van der Waals surface area contributed by atoms with Crippen LogP contribution in [0, 0.1) is 12.7 Å². The molecule has 0 unspecified atom stereocenters. The van der Waals surface area contributed by atoms with E-state index in [4.69, 9.17) is 0 Å². The molecule has 2 heteroatoms. The van der Waals surface area contributed by atoms with Gasteiger partial charge in [-0.1, -0.05) is 72.8 Å². The van der Waals surface area contributed by atoms with Crippen molar-refractivity contribution in [3.63, 3.8) is 0 Å². The minimum absolute atomic E-state index is 0.188. The lowest BCUT2D eigenvalue weighted by molar-refractivity contribution is 0.232. The lowest BCUT2D eigenvalue weighted by atomic mass is 9.85. The van der Waals surface area contributed by atoms with Gasteiger partial charge in [-0.05, 0) is 78.7 Å². The highest BCUT2D eigenvalue weighted by Gasteiger charge is 2.21. The number of benzene rings is 3. The van der Waals surface area contributed by atoms with E-state index in [1.807, 2.05) is 12.1 Å². The van der Waals surface area contributed by atoms with E-state index >= 15 is 0 Å². The molecule has 4 rings (SSSR count). The van der Waals surface area contributed by atoms with Crippen molar-refractivity contribution in [2.24, 2.45) is 0 Å². The molecule has 1 heterocycles. The number of halogens is 1. The third-order valence-electron chi connectivity index (χ3n) is 5.95. The summed E-state index contributed by atoms with van der Waals surface area (Å²) in [6, 6.07) is 24.0. The molecule has 29 heavy (non-hydrogen) atoms. The minimum atomic E-state index is -0.188. The van der Waals surface area contributed by atoms with E-state index in [9.17, 15) is 4.39 Å². The third kappa shape index (κ3) is 5.02. The molecule has 0 aromatic heterocycles. The van der Waals surface area contributed by atoms with Gasteiger partial charge in [0.25, 0.3) is 0 Å². The first-order valence-electron chi connectivity index (χ1n) is 10.5. The third-order valence-corrected chi connectivity index (χ3v) is 5.95. The summed E-state index contributed by atoms with van der Waals surface area (Å²) in [5.74, 6) is 0.444. The summed E-state index contributed by atoms with van der Waals surface area (Å²) >= 11 is 0.